The first-order chi connectivity index (χ1) is 6.37. The van der Waals surface area contributed by atoms with Crippen molar-refractivity contribution in [3.05, 3.63) is 24.0 Å². The Morgan fingerprint density at radius 1 is 1.64 bits per heavy atom. The fraction of sp³-hybridized carbons (Fsp3) is 0.444. The van der Waals surface area contributed by atoms with E-state index in [4.69, 9.17) is 5.11 Å². The largest absolute Gasteiger partial charge is 0.481 e. The van der Waals surface area contributed by atoms with Crippen molar-refractivity contribution >= 4 is 5.97 Å². The van der Waals surface area contributed by atoms with Gasteiger partial charge in [0, 0.05) is 19.3 Å². The van der Waals surface area contributed by atoms with Gasteiger partial charge in [0.15, 0.2) is 0 Å². The van der Waals surface area contributed by atoms with Crippen LogP contribution in [0, 0.1) is 0 Å². The van der Waals surface area contributed by atoms with E-state index in [9.17, 15) is 13.6 Å². The average Bonchev–Trinajstić information content (AvgIpc) is 2.30. The summed E-state index contributed by atoms with van der Waals surface area (Å²) in [4.78, 5) is 10.3. The number of carbonyl (C=O) groups is 1. The van der Waals surface area contributed by atoms with Gasteiger partial charge in [-0.05, 0) is 11.6 Å². The number of rotatable bonds is 4. The minimum atomic E-state index is -2.78. The lowest BCUT2D eigenvalue weighted by Gasteiger charge is -2.10. The van der Waals surface area contributed by atoms with E-state index in [1.54, 1.807) is 0 Å². The van der Waals surface area contributed by atoms with Crippen LogP contribution in [0.1, 0.15) is 12.5 Å². The molecule has 1 N–H and O–H groups in total. The summed E-state index contributed by atoms with van der Waals surface area (Å²) in [6, 6.07) is 1.53. The van der Waals surface area contributed by atoms with Crippen molar-refractivity contribution in [1.82, 2.24) is 4.57 Å². The van der Waals surface area contributed by atoms with Crippen LogP contribution in [-0.4, -0.2) is 21.6 Å². The van der Waals surface area contributed by atoms with Gasteiger partial charge in [0.05, 0.1) is 13.0 Å². The number of hydrogen-bond donors (Lipinski definition) is 1. The highest BCUT2D eigenvalue weighted by molar-refractivity contribution is 5.69. The predicted octanol–water partition coefficient (Wildman–Crippen LogP) is 1.77. The standard InChI is InChI=1S/C9H11F2NO2/c1-9(10,11)6-12-3-2-7(5-12)4-8(13)14/h2-3,5H,4,6H2,1H3,(H,13,14). The molecule has 0 saturated carbocycles. The van der Waals surface area contributed by atoms with Crippen LogP contribution in [0.3, 0.4) is 0 Å². The second-order valence-corrected chi connectivity index (χ2v) is 3.33. The minimum Gasteiger partial charge on any atom is -0.481 e. The number of alkyl halides is 2. The van der Waals surface area contributed by atoms with Gasteiger partial charge in [-0.2, -0.15) is 0 Å². The van der Waals surface area contributed by atoms with E-state index >= 15 is 0 Å². The second-order valence-electron chi connectivity index (χ2n) is 3.33. The molecule has 5 heteroatoms. The molecule has 0 fully saturated rings. The molecule has 1 heterocycles. The van der Waals surface area contributed by atoms with Crippen molar-refractivity contribution in [2.75, 3.05) is 0 Å². The van der Waals surface area contributed by atoms with Crippen molar-refractivity contribution in [2.45, 2.75) is 25.8 Å². The van der Waals surface area contributed by atoms with Crippen LogP contribution in [-0.2, 0) is 17.8 Å². The molecule has 0 bridgehead atoms. The number of carboxylic acids is 1. The summed E-state index contributed by atoms with van der Waals surface area (Å²) >= 11 is 0. The van der Waals surface area contributed by atoms with E-state index in [-0.39, 0.29) is 6.42 Å². The normalized spacial score (nSPS) is 11.6. The third-order valence-electron chi connectivity index (χ3n) is 1.63. The highest BCUT2D eigenvalue weighted by atomic mass is 19.3. The summed E-state index contributed by atoms with van der Waals surface area (Å²) < 4.78 is 26.4. The molecule has 14 heavy (non-hydrogen) atoms. The molecule has 0 unspecified atom stereocenters. The third kappa shape index (κ3) is 3.55. The Morgan fingerprint density at radius 2 is 2.29 bits per heavy atom. The first-order valence-corrected chi connectivity index (χ1v) is 4.11. The molecule has 0 aliphatic heterocycles. The summed E-state index contributed by atoms with van der Waals surface area (Å²) in [6.07, 6.45) is 2.74. The number of carboxylic acid groups (broad SMARTS) is 1. The van der Waals surface area contributed by atoms with Gasteiger partial charge in [-0.3, -0.25) is 4.79 Å². The molecule has 0 spiro atoms. The predicted molar refractivity (Wildman–Crippen MR) is 46.4 cm³/mol. The van der Waals surface area contributed by atoms with Crippen molar-refractivity contribution in [2.24, 2.45) is 0 Å². The molecule has 1 aromatic heterocycles. The van der Waals surface area contributed by atoms with E-state index in [0.717, 1.165) is 6.92 Å². The smallest absolute Gasteiger partial charge is 0.307 e. The van der Waals surface area contributed by atoms with Crippen LogP contribution in [0.25, 0.3) is 0 Å². The molecule has 0 radical (unpaired) electrons. The van der Waals surface area contributed by atoms with Gasteiger partial charge < -0.3 is 9.67 Å². The van der Waals surface area contributed by atoms with Crippen LogP contribution in [0.15, 0.2) is 18.5 Å². The van der Waals surface area contributed by atoms with Crippen molar-refractivity contribution in [3.8, 4) is 0 Å². The van der Waals surface area contributed by atoms with Gasteiger partial charge in [0.2, 0.25) is 0 Å². The number of aromatic nitrogens is 1. The van der Waals surface area contributed by atoms with Gasteiger partial charge in [-0.15, -0.1) is 0 Å². The fourth-order valence-corrected chi connectivity index (χ4v) is 1.19. The van der Waals surface area contributed by atoms with Gasteiger partial charge in [0.25, 0.3) is 5.92 Å². The Kier molecular flexibility index (Phi) is 2.88. The van der Waals surface area contributed by atoms with E-state index < -0.39 is 18.4 Å². The summed E-state index contributed by atoms with van der Waals surface area (Å²) in [7, 11) is 0. The molecule has 3 nitrogen and oxygen atoms in total. The fourth-order valence-electron chi connectivity index (χ4n) is 1.19. The van der Waals surface area contributed by atoms with Crippen molar-refractivity contribution in [3.63, 3.8) is 0 Å². The maximum Gasteiger partial charge on any atom is 0.307 e. The SMILES string of the molecule is CC(F)(F)Cn1ccc(CC(=O)O)c1. The molecule has 0 aliphatic rings. The lowest BCUT2D eigenvalue weighted by Crippen LogP contribution is -2.18. The first kappa shape index (κ1) is 10.7. The van der Waals surface area contributed by atoms with Crippen LogP contribution in [0.2, 0.25) is 0 Å². The topological polar surface area (TPSA) is 42.2 Å². The molecule has 1 rings (SSSR count). The molecule has 78 valence electrons. The summed E-state index contributed by atoms with van der Waals surface area (Å²) in [6.45, 7) is 0.399. The molecule has 0 saturated heterocycles. The molecular formula is C9H11F2NO2. The molecular weight excluding hydrogens is 192 g/mol. The van der Waals surface area contributed by atoms with Gasteiger partial charge in [-0.1, -0.05) is 0 Å². The van der Waals surface area contributed by atoms with Crippen molar-refractivity contribution < 1.29 is 18.7 Å². The lowest BCUT2D eigenvalue weighted by atomic mass is 10.2. The monoisotopic (exact) mass is 203 g/mol. The second kappa shape index (κ2) is 3.77. The Morgan fingerprint density at radius 3 is 2.79 bits per heavy atom. The van der Waals surface area contributed by atoms with Gasteiger partial charge in [0.1, 0.15) is 0 Å². The van der Waals surface area contributed by atoms with E-state index in [2.05, 4.69) is 0 Å². The Bertz CT molecular complexity index is 328. The van der Waals surface area contributed by atoms with Crippen LogP contribution < -0.4 is 0 Å². The van der Waals surface area contributed by atoms with Crippen LogP contribution in [0.5, 0.6) is 0 Å². The average molecular weight is 203 g/mol. The Hall–Kier alpha value is -1.39. The van der Waals surface area contributed by atoms with Crippen LogP contribution >= 0.6 is 0 Å². The number of hydrogen-bond acceptors (Lipinski definition) is 1. The lowest BCUT2D eigenvalue weighted by molar-refractivity contribution is -0.136. The molecule has 1 aromatic rings. The zero-order valence-electron chi connectivity index (χ0n) is 7.70. The summed E-state index contributed by atoms with van der Waals surface area (Å²) in [5.41, 5.74) is 0.529. The number of aliphatic carboxylic acids is 1. The Labute approximate surface area is 80.0 Å². The molecule has 0 aromatic carbocycles. The van der Waals surface area contributed by atoms with Gasteiger partial charge >= 0.3 is 5.97 Å². The van der Waals surface area contributed by atoms with E-state index in [0.29, 0.717) is 5.56 Å². The zero-order valence-corrected chi connectivity index (χ0v) is 7.70. The maximum atomic E-state index is 12.5. The highest BCUT2D eigenvalue weighted by Crippen LogP contribution is 2.15. The maximum absolute atomic E-state index is 12.5. The minimum absolute atomic E-state index is 0.137. The Balaban J connectivity index is 2.64. The zero-order chi connectivity index (χ0) is 10.8. The van der Waals surface area contributed by atoms with E-state index in [1.807, 2.05) is 0 Å². The van der Waals surface area contributed by atoms with Gasteiger partial charge in [-0.25, -0.2) is 8.78 Å². The molecule has 0 aliphatic carbocycles. The van der Waals surface area contributed by atoms with Crippen molar-refractivity contribution in [1.29, 1.82) is 0 Å². The van der Waals surface area contributed by atoms with Crippen LogP contribution in [0.4, 0.5) is 8.78 Å². The third-order valence-corrected chi connectivity index (χ3v) is 1.63. The summed E-state index contributed by atoms with van der Waals surface area (Å²) in [5.74, 6) is -3.74. The molecule has 0 amide bonds. The quantitative estimate of drug-likeness (QED) is 0.810. The first-order valence-electron chi connectivity index (χ1n) is 4.11. The number of halogens is 2. The molecule has 0 atom stereocenters. The van der Waals surface area contributed by atoms with E-state index in [1.165, 1.54) is 23.0 Å². The summed E-state index contributed by atoms with van der Waals surface area (Å²) in [5, 5.41) is 8.45. The highest BCUT2D eigenvalue weighted by Gasteiger charge is 2.21. The number of nitrogens with zero attached hydrogens (tertiary/aromatic N) is 1.